The molecule has 0 spiro atoms. The van der Waals surface area contributed by atoms with Crippen molar-refractivity contribution in [2.75, 3.05) is 19.6 Å². The van der Waals surface area contributed by atoms with E-state index in [2.05, 4.69) is 32.9 Å². The monoisotopic (exact) mass is 234 g/mol. The quantitative estimate of drug-likeness (QED) is 0.835. The van der Waals surface area contributed by atoms with E-state index in [-0.39, 0.29) is 0 Å². The van der Waals surface area contributed by atoms with Crippen molar-refractivity contribution >= 4 is 0 Å². The average Bonchev–Trinajstić information content (AvgIpc) is 2.76. The second kappa shape index (κ2) is 4.42. The lowest BCUT2D eigenvalue weighted by Gasteiger charge is -2.40. The van der Waals surface area contributed by atoms with Crippen LogP contribution in [-0.2, 0) is 13.1 Å². The zero-order valence-corrected chi connectivity index (χ0v) is 10.7. The minimum Gasteiger partial charge on any atom is -0.333 e. The molecule has 3 rings (SSSR count). The lowest BCUT2D eigenvalue weighted by atomic mass is 9.90. The molecule has 0 aliphatic carbocycles. The van der Waals surface area contributed by atoms with Gasteiger partial charge in [-0.25, -0.2) is 4.98 Å². The highest BCUT2D eigenvalue weighted by Gasteiger charge is 2.30. The third kappa shape index (κ3) is 2.38. The maximum atomic E-state index is 4.42. The fraction of sp³-hybridized carbons (Fsp3) is 0.769. The molecule has 17 heavy (non-hydrogen) atoms. The highest BCUT2D eigenvalue weighted by molar-refractivity contribution is 4.98. The van der Waals surface area contributed by atoms with Crippen molar-refractivity contribution in [3.8, 4) is 0 Å². The minimum absolute atomic E-state index is 0.313. The summed E-state index contributed by atoms with van der Waals surface area (Å²) in [7, 11) is 0. The molecule has 0 radical (unpaired) electrons. The Balaban J connectivity index is 1.63. The van der Waals surface area contributed by atoms with Crippen LogP contribution in [0.25, 0.3) is 0 Å². The molecule has 4 nitrogen and oxygen atoms in total. The second-order valence-corrected chi connectivity index (χ2v) is 5.69. The number of hydrogen-bond donors (Lipinski definition) is 1. The van der Waals surface area contributed by atoms with Gasteiger partial charge in [-0.2, -0.15) is 0 Å². The molecule has 1 saturated heterocycles. The third-order valence-corrected chi connectivity index (χ3v) is 4.10. The molecular formula is C13H22N4. The highest BCUT2D eigenvalue weighted by atomic mass is 15.3. The molecule has 0 bridgehead atoms. The van der Waals surface area contributed by atoms with Gasteiger partial charge in [-0.1, -0.05) is 6.42 Å². The van der Waals surface area contributed by atoms with Gasteiger partial charge >= 0.3 is 0 Å². The standard InChI is InChI=1S/C13H22N4/c1-13(4-2-3-5-15-13)11-16-8-9-17-7-6-14-12(17)10-16/h6-7,15H,2-5,8-11H2,1H3. The van der Waals surface area contributed by atoms with E-state index in [1.807, 2.05) is 6.20 Å². The number of nitrogens with zero attached hydrogens (tertiary/aromatic N) is 3. The van der Waals surface area contributed by atoms with Crippen LogP contribution in [0.4, 0.5) is 0 Å². The number of nitrogens with one attached hydrogen (secondary N) is 1. The van der Waals surface area contributed by atoms with E-state index in [4.69, 9.17) is 0 Å². The van der Waals surface area contributed by atoms with Gasteiger partial charge < -0.3 is 9.88 Å². The van der Waals surface area contributed by atoms with Crippen molar-refractivity contribution in [1.29, 1.82) is 0 Å². The van der Waals surface area contributed by atoms with E-state index < -0.39 is 0 Å². The van der Waals surface area contributed by atoms with Crippen molar-refractivity contribution in [3.05, 3.63) is 18.2 Å². The van der Waals surface area contributed by atoms with Gasteiger partial charge in [0.05, 0.1) is 6.54 Å². The summed E-state index contributed by atoms with van der Waals surface area (Å²) in [5.74, 6) is 1.22. The summed E-state index contributed by atoms with van der Waals surface area (Å²) in [4.78, 5) is 6.97. The van der Waals surface area contributed by atoms with Gasteiger partial charge in [-0.05, 0) is 26.3 Å². The molecule has 94 valence electrons. The molecule has 0 aromatic carbocycles. The molecule has 1 aromatic rings. The molecule has 4 heteroatoms. The Labute approximate surface area is 103 Å². The molecular weight excluding hydrogens is 212 g/mol. The molecule has 3 heterocycles. The maximum Gasteiger partial charge on any atom is 0.122 e. The topological polar surface area (TPSA) is 33.1 Å². The van der Waals surface area contributed by atoms with Gasteiger partial charge in [0.1, 0.15) is 5.82 Å². The fourth-order valence-corrected chi connectivity index (χ4v) is 3.11. The summed E-state index contributed by atoms with van der Waals surface area (Å²) in [6.07, 6.45) is 8.01. The largest absolute Gasteiger partial charge is 0.333 e. The van der Waals surface area contributed by atoms with Gasteiger partial charge in [0, 0.05) is 37.6 Å². The van der Waals surface area contributed by atoms with Crippen molar-refractivity contribution in [2.45, 2.75) is 44.8 Å². The van der Waals surface area contributed by atoms with E-state index in [9.17, 15) is 0 Å². The van der Waals surface area contributed by atoms with Crippen LogP contribution in [0.5, 0.6) is 0 Å². The zero-order valence-electron chi connectivity index (χ0n) is 10.7. The van der Waals surface area contributed by atoms with E-state index >= 15 is 0 Å². The van der Waals surface area contributed by atoms with Crippen LogP contribution in [0.3, 0.4) is 0 Å². The Morgan fingerprint density at radius 3 is 3.18 bits per heavy atom. The number of aromatic nitrogens is 2. The van der Waals surface area contributed by atoms with Crippen molar-refractivity contribution < 1.29 is 0 Å². The van der Waals surface area contributed by atoms with Crippen molar-refractivity contribution in [3.63, 3.8) is 0 Å². The summed E-state index contributed by atoms with van der Waals surface area (Å²) in [5.41, 5.74) is 0.313. The SMILES string of the molecule is CC1(CN2CCn3ccnc3C2)CCCCN1. The maximum absolute atomic E-state index is 4.42. The number of rotatable bonds is 2. The molecule has 1 N–H and O–H groups in total. The third-order valence-electron chi connectivity index (χ3n) is 4.10. The second-order valence-electron chi connectivity index (χ2n) is 5.69. The first kappa shape index (κ1) is 11.2. The first-order valence-electron chi connectivity index (χ1n) is 6.73. The van der Waals surface area contributed by atoms with Crippen molar-refractivity contribution in [1.82, 2.24) is 19.8 Å². The Morgan fingerprint density at radius 1 is 1.41 bits per heavy atom. The van der Waals surface area contributed by atoms with Gasteiger partial charge in [0.15, 0.2) is 0 Å². The predicted molar refractivity (Wildman–Crippen MR) is 67.8 cm³/mol. The summed E-state index contributed by atoms with van der Waals surface area (Å²) < 4.78 is 2.27. The van der Waals surface area contributed by atoms with E-state index in [1.54, 1.807) is 0 Å². The van der Waals surface area contributed by atoms with Gasteiger partial charge in [-0.3, -0.25) is 4.90 Å². The lowest BCUT2D eigenvalue weighted by Crippen LogP contribution is -2.54. The highest BCUT2D eigenvalue weighted by Crippen LogP contribution is 2.21. The van der Waals surface area contributed by atoms with Gasteiger partial charge in [0.25, 0.3) is 0 Å². The smallest absolute Gasteiger partial charge is 0.122 e. The molecule has 2 aliphatic heterocycles. The minimum atomic E-state index is 0.313. The molecule has 0 saturated carbocycles. The predicted octanol–water partition coefficient (Wildman–Crippen LogP) is 1.23. The summed E-state index contributed by atoms with van der Waals surface area (Å²) in [6.45, 7) is 7.95. The molecule has 1 atom stereocenters. The number of imidazole rings is 1. The zero-order chi connectivity index (χ0) is 11.7. The number of hydrogen-bond acceptors (Lipinski definition) is 3. The summed E-state index contributed by atoms with van der Waals surface area (Å²) in [5, 5.41) is 3.69. The van der Waals surface area contributed by atoms with Crippen LogP contribution in [0.15, 0.2) is 12.4 Å². The van der Waals surface area contributed by atoms with Crippen LogP contribution in [0, 0.1) is 0 Å². The van der Waals surface area contributed by atoms with E-state index in [1.165, 1.54) is 31.6 Å². The molecule has 1 aromatic heterocycles. The first-order chi connectivity index (χ1) is 8.25. The summed E-state index contributed by atoms with van der Waals surface area (Å²) >= 11 is 0. The number of piperidine rings is 1. The van der Waals surface area contributed by atoms with E-state index in [0.717, 1.165) is 26.2 Å². The number of fused-ring (bicyclic) bond motifs is 1. The van der Waals surface area contributed by atoms with Crippen LogP contribution in [0.2, 0.25) is 0 Å². The van der Waals surface area contributed by atoms with Crippen LogP contribution < -0.4 is 5.32 Å². The normalized spacial score (nSPS) is 30.2. The molecule has 1 fully saturated rings. The Morgan fingerprint density at radius 2 is 2.35 bits per heavy atom. The molecule has 0 amide bonds. The van der Waals surface area contributed by atoms with Crippen LogP contribution in [0.1, 0.15) is 32.0 Å². The van der Waals surface area contributed by atoms with Crippen LogP contribution in [-0.4, -0.2) is 39.6 Å². The Hall–Kier alpha value is -0.870. The molecule has 1 unspecified atom stereocenters. The van der Waals surface area contributed by atoms with Crippen LogP contribution >= 0.6 is 0 Å². The lowest BCUT2D eigenvalue weighted by molar-refractivity contribution is 0.136. The average molecular weight is 234 g/mol. The van der Waals surface area contributed by atoms with E-state index in [0.29, 0.717) is 5.54 Å². The van der Waals surface area contributed by atoms with Gasteiger partial charge in [0.2, 0.25) is 0 Å². The fourth-order valence-electron chi connectivity index (χ4n) is 3.11. The Kier molecular flexibility index (Phi) is 2.92. The molecule has 2 aliphatic rings. The van der Waals surface area contributed by atoms with Crippen molar-refractivity contribution in [2.24, 2.45) is 0 Å². The Bertz CT molecular complexity index is 379. The summed E-state index contributed by atoms with van der Waals surface area (Å²) in [6, 6.07) is 0. The first-order valence-corrected chi connectivity index (χ1v) is 6.73. The van der Waals surface area contributed by atoms with Gasteiger partial charge in [-0.15, -0.1) is 0 Å².